The Kier molecular flexibility index (Phi) is 14.9. The van der Waals surface area contributed by atoms with Gasteiger partial charge in [0.2, 0.25) is 0 Å². The molecule has 59 heavy (non-hydrogen) atoms. The highest BCUT2D eigenvalue weighted by atomic mass is 32.2. The number of hydrogen-bond donors (Lipinski definition) is 0. The summed E-state index contributed by atoms with van der Waals surface area (Å²) in [5, 5.41) is 0. The lowest BCUT2D eigenvalue weighted by molar-refractivity contribution is -0.274. The van der Waals surface area contributed by atoms with Crippen LogP contribution in [0.1, 0.15) is 33.6 Å². The SMILES string of the molecule is CCOc1ccc(S(=O)(=O)CCN(C(=O)N(CCCN2CCN(c3ccccc3)CC2)C2(CCN3CCN(c4ccccc4)CC3)OC(=O)C=CC(=O)O2)C(C)C)cc1. The number of urea groups is 1. The van der Waals surface area contributed by atoms with Crippen molar-refractivity contribution in [2.24, 2.45) is 0 Å². The quantitative estimate of drug-likeness (QED) is 0.175. The summed E-state index contributed by atoms with van der Waals surface area (Å²) >= 11 is 0. The van der Waals surface area contributed by atoms with E-state index < -0.39 is 39.8 Å². The van der Waals surface area contributed by atoms with Gasteiger partial charge in [0.05, 0.1) is 23.7 Å². The van der Waals surface area contributed by atoms with Crippen LogP contribution < -0.4 is 14.5 Å². The van der Waals surface area contributed by atoms with E-state index in [2.05, 4.69) is 43.9 Å². The smallest absolute Gasteiger partial charge is 0.347 e. The topological polar surface area (TPSA) is 132 Å². The molecule has 15 heteroatoms. The summed E-state index contributed by atoms with van der Waals surface area (Å²) in [6, 6.07) is 25.6. The van der Waals surface area contributed by atoms with Crippen LogP contribution in [-0.4, -0.2) is 149 Å². The minimum atomic E-state index is -3.82. The standard InChI is InChI=1S/C44H58N6O8S/c1-4-56-39-16-18-40(19-17-39)59(54,55)35-34-49(36(2)3)43(53)50(24-11-23-45-26-30-47(31-27-45)37-12-7-5-8-13-37)44(57-41(51)20-21-42(52)58-44)22-25-46-28-32-48(33-29-46)38-14-9-6-10-15-38/h5-10,12-21,36H,4,11,22-35H2,1-3H3. The summed E-state index contributed by atoms with van der Waals surface area (Å²) in [6.45, 7) is 13.1. The number of piperazine rings is 2. The van der Waals surface area contributed by atoms with E-state index in [4.69, 9.17) is 14.2 Å². The molecule has 2 amide bonds. The molecule has 0 saturated carbocycles. The molecule has 6 rings (SSSR count). The third-order valence-corrected chi connectivity index (χ3v) is 12.8. The Bertz CT molecular complexity index is 1950. The van der Waals surface area contributed by atoms with E-state index in [0.717, 1.165) is 57.1 Å². The summed E-state index contributed by atoms with van der Waals surface area (Å²) in [5.41, 5.74) is 2.31. The predicted octanol–water partition coefficient (Wildman–Crippen LogP) is 4.73. The number of hydrogen-bond acceptors (Lipinski definition) is 12. The Morgan fingerprint density at radius 1 is 0.729 bits per heavy atom. The first-order valence-corrected chi connectivity index (χ1v) is 22.3. The number of nitrogens with zero attached hydrogens (tertiary/aromatic N) is 6. The van der Waals surface area contributed by atoms with Gasteiger partial charge in [0.1, 0.15) is 5.75 Å². The molecule has 3 aromatic rings. The molecule has 0 spiro atoms. The van der Waals surface area contributed by atoms with Gasteiger partial charge in [0.25, 0.3) is 0 Å². The highest BCUT2D eigenvalue weighted by Crippen LogP contribution is 2.31. The van der Waals surface area contributed by atoms with Crippen LogP contribution in [0, 0.1) is 0 Å². The summed E-state index contributed by atoms with van der Waals surface area (Å²) in [7, 11) is -3.82. The maximum atomic E-state index is 15.0. The van der Waals surface area contributed by atoms with Crippen molar-refractivity contribution in [2.75, 3.05) is 101 Å². The van der Waals surface area contributed by atoms with Crippen LogP contribution in [0.4, 0.5) is 16.2 Å². The molecule has 0 N–H and O–H groups in total. The largest absolute Gasteiger partial charge is 0.494 e. The second kappa shape index (κ2) is 20.2. The van der Waals surface area contributed by atoms with Gasteiger partial charge in [-0.3, -0.25) is 14.7 Å². The zero-order valence-electron chi connectivity index (χ0n) is 34.5. The number of carbonyl (C=O) groups excluding carboxylic acids is 3. The van der Waals surface area contributed by atoms with Crippen LogP contribution in [0.2, 0.25) is 0 Å². The van der Waals surface area contributed by atoms with Crippen LogP contribution >= 0.6 is 0 Å². The molecule has 0 atom stereocenters. The fraction of sp³-hybridized carbons (Fsp3) is 0.477. The molecule has 0 aliphatic carbocycles. The lowest BCUT2D eigenvalue weighted by Crippen LogP contribution is -2.62. The first-order chi connectivity index (χ1) is 28.5. The van der Waals surface area contributed by atoms with Gasteiger partial charge >= 0.3 is 23.9 Å². The van der Waals surface area contributed by atoms with Crippen LogP contribution in [0.3, 0.4) is 0 Å². The average Bonchev–Trinajstić information content (AvgIpc) is 3.39. The fourth-order valence-electron chi connectivity index (χ4n) is 7.76. The fourth-order valence-corrected chi connectivity index (χ4v) is 8.99. The summed E-state index contributed by atoms with van der Waals surface area (Å²) in [5.74, 6) is -3.50. The van der Waals surface area contributed by atoms with E-state index in [1.54, 1.807) is 26.0 Å². The summed E-state index contributed by atoms with van der Waals surface area (Å²) in [4.78, 5) is 53.6. The number of cyclic esters (lactones) is 2. The van der Waals surface area contributed by atoms with E-state index in [9.17, 15) is 18.0 Å². The number of rotatable bonds is 17. The van der Waals surface area contributed by atoms with Crippen molar-refractivity contribution in [2.45, 2.75) is 50.5 Å². The number of sulfone groups is 1. The first kappa shape index (κ1) is 43.5. The van der Waals surface area contributed by atoms with Gasteiger partial charge in [-0.15, -0.1) is 0 Å². The van der Waals surface area contributed by atoms with Gasteiger partial charge in [-0.25, -0.2) is 22.8 Å². The number of esters is 2. The zero-order chi connectivity index (χ0) is 41.8. The number of carbonyl (C=O) groups is 3. The molecule has 2 saturated heterocycles. The lowest BCUT2D eigenvalue weighted by atomic mass is 10.2. The molecular weight excluding hydrogens is 773 g/mol. The normalized spacial score (nSPS) is 17.6. The monoisotopic (exact) mass is 830 g/mol. The third kappa shape index (κ3) is 11.5. The molecule has 3 aromatic carbocycles. The van der Waals surface area contributed by atoms with Crippen LogP contribution in [-0.2, 0) is 28.9 Å². The average molecular weight is 831 g/mol. The van der Waals surface area contributed by atoms with Crippen molar-refractivity contribution in [3.8, 4) is 5.75 Å². The van der Waals surface area contributed by atoms with Crippen molar-refractivity contribution in [1.82, 2.24) is 19.6 Å². The van der Waals surface area contributed by atoms with E-state index >= 15 is 4.79 Å². The second-order valence-electron chi connectivity index (χ2n) is 15.3. The Hall–Kier alpha value is -5.12. The molecule has 2 fully saturated rings. The van der Waals surface area contributed by atoms with Crippen molar-refractivity contribution < 1.29 is 37.0 Å². The Morgan fingerprint density at radius 2 is 1.24 bits per heavy atom. The van der Waals surface area contributed by atoms with Gasteiger partial charge in [-0.1, -0.05) is 36.4 Å². The van der Waals surface area contributed by atoms with Crippen LogP contribution in [0.25, 0.3) is 0 Å². The summed E-state index contributed by atoms with van der Waals surface area (Å²) in [6.07, 6.45) is 2.51. The molecule has 0 unspecified atom stereocenters. The number of para-hydroxylation sites is 2. The molecule has 318 valence electrons. The van der Waals surface area contributed by atoms with E-state index in [1.807, 2.05) is 43.3 Å². The number of anilines is 2. The van der Waals surface area contributed by atoms with Gasteiger partial charge < -0.3 is 28.9 Å². The van der Waals surface area contributed by atoms with E-state index in [-0.39, 0.29) is 30.2 Å². The molecule has 3 heterocycles. The molecule has 0 aromatic heterocycles. The lowest BCUT2D eigenvalue weighted by Gasteiger charge is -2.45. The summed E-state index contributed by atoms with van der Waals surface area (Å²) < 4.78 is 44.8. The molecule has 3 aliphatic heterocycles. The number of amides is 2. The van der Waals surface area contributed by atoms with Gasteiger partial charge in [0.15, 0.2) is 9.84 Å². The molecule has 14 nitrogen and oxygen atoms in total. The predicted molar refractivity (Wildman–Crippen MR) is 227 cm³/mol. The van der Waals surface area contributed by atoms with Gasteiger partial charge in [-0.05, 0) is 82.3 Å². The maximum Gasteiger partial charge on any atom is 0.347 e. The van der Waals surface area contributed by atoms with E-state index in [0.29, 0.717) is 45.0 Å². The molecule has 3 aliphatic rings. The van der Waals surface area contributed by atoms with Crippen molar-refractivity contribution >= 4 is 39.2 Å². The Morgan fingerprint density at radius 3 is 1.73 bits per heavy atom. The minimum Gasteiger partial charge on any atom is -0.494 e. The van der Waals surface area contributed by atoms with Crippen molar-refractivity contribution in [1.29, 1.82) is 0 Å². The highest BCUT2D eigenvalue weighted by Gasteiger charge is 2.50. The van der Waals surface area contributed by atoms with Gasteiger partial charge in [-0.2, -0.15) is 0 Å². The maximum absolute atomic E-state index is 15.0. The molecule has 0 radical (unpaired) electrons. The van der Waals surface area contributed by atoms with Gasteiger partial charge in [0, 0.05) is 102 Å². The minimum absolute atomic E-state index is 0.00456. The van der Waals surface area contributed by atoms with Crippen molar-refractivity contribution in [3.05, 3.63) is 97.1 Å². The van der Waals surface area contributed by atoms with E-state index in [1.165, 1.54) is 27.6 Å². The zero-order valence-corrected chi connectivity index (χ0v) is 35.3. The third-order valence-electron chi connectivity index (χ3n) is 11.1. The Labute approximate surface area is 348 Å². The molecular formula is C44H58N6O8S. The second-order valence-corrected chi connectivity index (χ2v) is 17.4. The van der Waals surface area contributed by atoms with Crippen molar-refractivity contribution in [3.63, 3.8) is 0 Å². The van der Waals surface area contributed by atoms with Crippen LogP contribution in [0.15, 0.2) is 102 Å². The number of ether oxygens (including phenoxy) is 3. The first-order valence-electron chi connectivity index (χ1n) is 20.7. The number of benzene rings is 3. The highest BCUT2D eigenvalue weighted by molar-refractivity contribution is 7.91. The van der Waals surface area contributed by atoms with Crippen LogP contribution in [0.5, 0.6) is 5.75 Å². The Balaban J connectivity index is 1.22. The molecule has 0 bridgehead atoms.